The summed E-state index contributed by atoms with van der Waals surface area (Å²) in [5.41, 5.74) is 1.70. The summed E-state index contributed by atoms with van der Waals surface area (Å²) in [4.78, 5) is 0. The van der Waals surface area contributed by atoms with Gasteiger partial charge in [-0.3, -0.25) is 0 Å². The summed E-state index contributed by atoms with van der Waals surface area (Å²) in [5, 5.41) is 6.11. The zero-order chi connectivity index (χ0) is 17.5. The Hall–Kier alpha value is 0.951. The standard InChI is InChI=1S/C23H40NSi.2ClH.Ti/c1-25(2)23(16-12-8-6-4-3-5-7-9-13-17-23)24-22-18-20-14-10-11-15-21(20)19-22;;;/h10-11,14,21-22,25H,3-9,12-13,15-19H2,1-2H3;2*1H;/q-1;;;+3/p-2. The van der Waals surface area contributed by atoms with Crippen molar-refractivity contribution < 1.29 is 46.5 Å². The fourth-order valence-corrected chi connectivity index (χ4v) is 7.50. The van der Waals surface area contributed by atoms with Crippen molar-refractivity contribution in [2.45, 2.75) is 114 Å². The second kappa shape index (κ2) is 14.9. The third-order valence-corrected chi connectivity index (χ3v) is 10.0. The molecule has 0 amide bonds. The van der Waals surface area contributed by atoms with Gasteiger partial charge in [0.05, 0.1) is 0 Å². The minimum atomic E-state index is -0.798. The van der Waals surface area contributed by atoms with Crippen molar-refractivity contribution >= 4 is 8.80 Å². The van der Waals surface area contributed by atoms with Gasteiger partial charge in [0.2, 0.25) is 0 Å². The molecule has 0 aromatic carbocycles. The van der Waals surface area contributed by atoms with E-state index in [0.29, 0.717) is 11.2 Å². The van der Waals surface area contributed by atoms with Gasteiger partial charge in [0.25, 0.3) is 0 Å². The van der Waals surface area contributed by atoms with E-state index in [2.05, 4.69) is 31.3 Å². The molecule has 159 valence electrons. The zero-order valence-electron chi connectivity index (χ0n) is 18.1. The third kappa shape index (κ3) is 8.23. The fraction of sp³-hybridized carbons (Fsp3) is 0.826. The van der Waals surface area contributed by atoms with Crippen molar-refractivity contribution in [1.82, 2.24) is 0 Å². The van der Waals surface area contributed by atoms with Crippen LogP contribution in [-0.4, -0.2) is 20.0 Å². The summed E-state index contributed by atoms with van der Waals surface area (Å²) in [7, 11) is -0.798. The van der Waals surface area contributed by atoms with Crippen molar-refractivity contribution in [3.05, 3.63) is 29.1 Å². The first-order chi connectivity index (χ1) is 12.2. The maximum atomic E-state index is 5.71. The van der Waals surface area contributed by atoms with Gasteiger partial charge in [0, 0.05) is 8.80 Å². The number of rotatable bonds is 3. The average Bonchev–Trinajstić information content (AvgIpc) is 2.99. The normalized spacial score (nSPS) is 27.8. The molecule has 2 saturated carbocycles. The van der Waals surface area contributed by atoms with Gasteiger partial charge in [-0.2, -0.15) is 0 Å². The van der Waals surface area contributed by atoms with Crippen LogP contribution in [-0.2, 0) is 21.7 Å². The summed E-state index contributed by atoms with van der Waals surface area (Å²) in [6.45, 7) is 5.16. The SMILES string of the molecule is C[SiH](C)C1([N-]C2CC3=CC=CCC3C2)CCCCCCCCCCC1.[Cl-].[Cl-].[Ti+3]. The van der Waals surface area contributed by atoms with E-state index < -0.39 is 8.80 Å². The van der Waals surface area contributed by atoms with Crippen LogP contribution in [0.5, 0.6) is 0 Å². The smallest absolute Gasteiger partial charge is 1.00 e. The van der Waals surface area contributed by atoms with Gasteiger partial charge in [0.15, 0.2) is 0 Å². The average molecular weight is 477 g/mol. The summed E-state index contributed by atoms with van der Waals surface area (Å²) in [5.74, 6) is 0.816. The Morgan fingerprint density at radius 3 is 1.93 bits per heavy atom. The largest absolute Gasteiger partial charge is 3.00 e. The van der Waals surface area contributed by atoms with E-state index in [-0.39, 0.29) is 46.5 Å². The predicted octanol–water partition coefficient (Wildman–Crippen LogP) is 1.10. The molecular formula is C23H40Cl2NSiTi. The number of hydrogen-bond donors (Lipinski definition) is 0. The van der Waals surface area contributed by atoms with Crippen LogP contribution >= 0.6 is 0 Å². The Morgan fingerprint density at radius 2 is 1.43 bits per heavy atom. The van der Waals surface area contributed by atoms with Crippen LogP contribution in [0.4, 0.5) is 0 Å². The van der Waals surface area contributed by atoms with Gasteiger partial charge < -0.3 is 30.1 Å². The molecule has 0 spiro atoms. The monoisotopic (exact) mass is 476 g/mol. The number of allylic oxidation sites excluding steroid dienone is 3. The van der Waals surface area contributed by atoms with Crippen LogP contribution < -0.4 is 24.8 Å². The fourth-order valence-electron chi connectivity index (χ4n) is 5.43. The van der Waals surface area contributed by atoms with E-state index >= 15 is 0 Å². The number of nitrogens with zero attached hydrogens (tertiary/aromatic N) is 1. The van der Waals surface area contributed by atoms with Crippen molar-refractivity contribution in [3.63, 3.8) is 0 Å². The molecule has 0 aromatic heterocycles. The van der Waals surface area contributed by atoms with Gasteiger partial charge in [0.1, 0.15) is 0 Å². The van der Waals surface area contributed by atoms with E-state index in [1.807, 2.05) is 0 Å². The van der Waals surface area contributed by atoms with Crippen LogP contribution in [0.25, 0.3) is 5.32 Å². The molecule has 2 atom stereocenters. The molecular weight excluding hydrogens is 437 g/mol. The van der Waals surface area contributed by atoms with Crippen LogP contribution in [0, 0.1) is 5.92 Å². The van der Waals surface area contributed by atoms with Crippen molar-refractivity contribution in [2.75, 3.05) is 0 Å². The number of hydrogen-bond acceptors (Lipinski definition) is 0. The van der Waals surface area contributed by atoms with Gasteiger partial charge in [-0.25, -0.2) is 0 Å². The second-order valence-corrected chi connectivity index (χ2v) is 12.6. The summed E-state index contributed by atoms with van der Waals surface area (Å²) in [6, 6.07) is 0.624. The molecule has 1 nitrogen and oxygen atoms in total. The second-order valence-electron chi connectivity index (χ2n) is 9.27. The molecule has 0 heterocycles. The molecule has 3 aliphatic rings. The Kier molecular flexibility index (Phi) is 15.4. The Balaban J connectivity index is 0.00000243. The van der Waals surface area contributed by atoms with Gasteiger partial charge >= 0.3 is 21.7 Å². The van der Waals surface area contributed by atoms with Crippen molar-refractivity contribution in [2.24, 2.45) is 5.92 Å². The minimum absolute atomic E-state index is 0. The zero-order valence-corrected chi connectivity index (χ0v) is 22.3. The molecule has 0 bridgehead atoms. The Bertz CT molecular complexity index is 469. The Labute approximate surface area is 203 Å². The van der Waals surface area contributed by atoms with Crippen molar-refractivity contribution in [1.29, 1.82) is 0 Å². The molecule has 2 fully saturated rings. The first-order valence-corrected chi connectivity index (χ1v) is 14.2. The van der Waals surface area contributed by atoms with E-state index in [1.165, 1.54) is 89.9 Å². The topological polar surface area (TPSA) is 14.1 Å². The molecule has 5 heteroatoms. The molecule has 1 radical (unpaired) electrons. The molecule has 0 N–H and O–H groups in total. The molecule has 0 aliphatic heterocycles. The minimum Gasteiger partial charge on any atom is -1.00 e. The maximum Gasteiger partial charge on any atom is 3.00 e. The van der Waals surface area contributed by atoms with E-state index in [9.17, 15) is 0 Å². The summed E-state index contributed by atoms with van der Waals surface area (Å²) in [6.07, 6.45) is 26.8. The predicted molar refractivity (Wildman–Crippen MR) is 114 cm³/mol. The van der Waals surface area contributed by atoms with Crippen LogP contribution in [0.2, 0.25) is 13.1 Å². The maximum absolute atomic E-state index is 5.71. The van der Waals surface area contributed by atoms with Gasteiger partial charge in [-0.1, -0.05) is 114 Å². The first-order valence-electron chi connectivity index (χ1n) is 11.3. The molecule has 0 aromatic rings. The molecule has 0 saturated heterocycles. The summed E-state index contributed by atoms with van der Waals surface area (Å²) < 4.78 is 0. The molecule has 3 rings (SSSR count). The third-order valence-electron chi connectivity index (χ3n) is 7.15. The quantitative estimate of drug-likeness (QED) is 0.541. The Morgan fingerprint density at radius 1 is 0.893 bits per heavy atom. The van der Waals surface area contributed by atoms with E-state index in [4.69, 9.17) is 5.32 Å². The number of halogens is 2. The molecule has 3 aliphatic carbocycles. The van der Waals surface area contributed by atoms with E-state index in [1.54, 1.807) is 5.57 Å². The van der Waals surface area contributed by atoms with E-state index in [0.717, 1.165) is 5.92 Å². The molecule has 2 unspecified atom stereocenters. The molecule has 28 heavy (non-hydrogen) atoms. The van der Waals surface area contributed by atoms with Crippen molar-refractivity contribution in [3.8, 4) is 0 Å². The number of fused-ring (bicyclic) bond motifs is 1. The summed E-state index contributed by atoms with van der Waals surface area (Å²) >= 11 is 0. The van der Waals surface area contributed by atoms with Crippen LogP contribution in [0.15, 0.2) is 23.8 Å². The van der Waals surface area contributed by atoms with Crippen LogP contribution in [0.3, 0.4) is 0 Å². The van der Waals surface area contributed by atoms with Gasteiger partial charge in [-0.15, -0.1) is 11.2 Å². The van der Waals surface area contributed by atoms with Gasteiger partial charge in [-0.05, 0) is 18.8 Å². The first kappa shape index (κ1) is 29.0. The van der Waals surface area contributed by atoms with Crippen LogP contribution in [0.1, 0.15) is 89.9 Å².